The van der Waals surface area contributed by atoms with Crippen molar-refractivity contribution in [2.45, 2.75) is 44.8 Å². The lowest BCUT2D eigenvalue weighted by Gasteiger charge is -2.29. The van der Waals surface area contributed by atoms with Crippen molar-refractivity contribution in [3.05, 3.63) is 78.4 Å². The van der Waals surface area contributed by atoms with Crippen LogP contribution in [0.2, 0.25) is 0 Å². The highest BCUT2D eigenvalue weighted by atomic mass is 32.1. The number of esters is 1. The lowest BCUT2D eigenvalue weighted by atomic mass is 9.86. The predicted octanol–water partition coefficient (Wildman–Crippen LogP) is 7.28. The number of hydrogen-bond donors (Lipinski definition) is 1. The Bertz CT molecular complexity index is 900. The molecule has 0 aromatic heterocycles. The van der Waals surface area contributed by atoms with Crippen molar-refractivity contribution in [2.24, 2.45) is 0 Å². The molecule has 0 saturated heterocycles. The van der Waals surface area contributed by atoms with Crippen LogP contribution >= 0.6 is 12.6 Å². The molecule has 0 N–H and O–H groups in total. The van der Waals surface area contributed by atoms with E-state index in [1.807, 2.05) is 43.3 Å². The van der Waals surface area contributed by atoms with Gasteiger partial charge in [0.15, 0.2) is 0 Å². The lowest BCUT2D eigenvalue weighted by Crippen LogP contribution is -2.17. The van der Waals surface area contributed by atoms with Crippen molar-refractivity contribution in [3.63, 3.8) is 0 Å². The van der Waals surface area contributed by atoms with E-state index in [0.717, 1.165) is 40.7 Å². The molecule has 3 aromatic rings. The largest absolute Gasteiger partial charge is 0.425 e. The van der Waals surface area contributed by atoms with Gasteiger partial charge in [0.2, 0.25) is 0 Å². The molecule has 0 aliphatic heterocycles. The molecule has 3 rings (SSSR count). The van der Waals surface area contributed by atoms with E-state index in [2.05, 4.69) is 50.2 Å². The molecule has 0 saturated carbocycles. The molecule has 0 heterocycles. The van der Waals surface area contributed by atoms with Crippen molar-refractivity contribution in [1.82, 2.24) is 0 Å². The molecule has 0 fully saturated rings. The SMILES string of the molecule is CCC(=O)Oc1c(-c2ccccc2)cc(C(S)(CC)CC)cc1-c1ccccc1. The smallest absolute Gasteiger partial charge is 0.310 e. The summed E-state index contributed by atoms with van der Waals surface area (Å²) in [5.74, 6) is 0.371. The molecule has 0 aliphatic rings. The zero-order chi connectivity index (χ0) is 20.9. The quantitative estimate of drug-likeness (QED) is 0.254. The molecule has 0 amide bonds. The first-order valence-corrected chi connectivity index (χ1v) is 10.7. The Balaban J connectivity index is 2.35. The van der Waals surface area contributed by atoms with Crippen molar-refractivity contribution in [3.8, 4) is 28.0 Å². The van der Waals surface area contributed by atoms with Gasteiger partial charge in [-0.2, -0.15) is 12.6 Å². The van der Waals surface area contributed by atoms with Crippen molar-refractivity contribution in [1.29, 1.82) is 0 Å². The summed E-state index contributed by atoms with van der Waals surface area (Å²) in [5, 5.41) is 0. The topological polar surface area (TPSA) is 26.3 Å². The minimum Gasteiger partial charge on any atom is -0.425 e. The van der Waals surface area contributed by atoms with Crippen LogP contribution < -0.4 is 4.74 Å². The van der Waals surface area contributed by atoms with Crippen LogP contribution in [0, 0.1) is 0 Å². The van der Waals surface area contributed by atoms with Gasteiger partial charge in [-0.25, -0.2) is 0 Å². The van der Waals surface area contributed by atoms with E-state index < -0.39 is 0 Å². The molecule has 0 aliphatic carbocycles. The number of hydrogen-bond acceptors (Lipinski definition) is 3. The average Bonchev–Trinajstić information content (AvgIpc) is 2.79. The summed E-state index contributed by atoms with van der Waals surface area (Å²) >= 11 is 5.04. The van der Waals surface area contributed by atoms with Crippen LogP contribution in [0.4, 0.5) is 0 Å². The second-order valence-corrected chi connectivity index (χ2v) is 8.05. The van der Waals surface area contributed by atoms with Crippen LogP contribution in [0.1, 0.15) is 45.6 Å². The molecule has 0 radical (unpaired) electrons. The Morgan fingerprint density at radius 2 is 1.28 bits per heavy atom. The number of rotatable bonds is 7. The van der Waals surface area contributed by atoms with Crippen LogP contribution in [0.25, 0.3) is 22.3 Å². The third-order valence-corrected chi connectivity index (χ3v) is 6.36. The van der Waals surface area contributed by atoms with Gasteiger partial charge in [-0.15, -0.1) is 0 Å². The van der Waals surface area contributed by atoms with Crippen molar-refractivity contribution < 1.29 is 9.53 Å². The van der Waals surface area contributed by atoms with E-state index in [1.165, 1.54) is 0 Å². The van der Waals surface area contributed by atoms with Gasteiger partial charge in [0.05, 0.1) is 0 Å². The molecule has 29 heavy (non-hydrogen) atoms. The Morgan fingerprint density at radius 1 is 0.828 bits per heavy atom. The summed E-state index contributed by atoms with van der Waals surface area (Å²) in [4.78, 5) is 12.3. The maximum atomic E-state index is 12.3. The second kappa shape index (κ2) is 9.32. The van der Waals surface area contributed by atoms with E-state index >= 15 is 0 Å². The van der Waals surface area contributed by atoms with E-state index in [9.17, 15) is 4.79 Å². The minimum atomic E-state index is -0.250. The standard InChI is InChI=1S/C26H28O2S/c1-4-24(27)28-25-22(19-13-9-7-10-14-19)17-21(26(29,5-2)6-3)18-23(25)20-15-11-8-12-16-20/h7-18,29H,4-6H2,1-3H3. The summed E-state index contributed by atoms with van der Waals surface area (Å²) < 4.78 is 5.66. The number of carbonyl (C=O) groups is 1. The minimum absolute atomic E-state index is 0.241. The first-order valence-electron chi connectivity index (χ1n) is 10.2. The summed E-state index contributed by atoms with van der Waals surface area (Å²) in [6.07, 6.45) is 2.14. The fourth-order valence-electron chi connectivity index (χ4n) is 3.52. The van der Waals surface area contributed by atoms with Gasteiger partial charge < -0.3 is 4.74 Å². The molecule has 0 spiro atoms. The maximum absolute atomic E-state index is 12.3. The number of ether oxygens (including phenoxy) is 1. The zero-order valence-electron chi connectivity index (χ0n) is 17.3. The molecular weight excluding hydrogens is 376 g/mol. The Kier molecular flexibility index (Phi) is 6.81. The maximum Gasteiger partial charge on any atom is 0.310 e. The molecule has 3 heteroatoms. The van der Waals surface area contributed by atoms with Gasteiger partial charge in [-0.3, -0.25) is 4.79 Å². The fourth-order valence-corrected chi connectivity index (χ4v) is 3.65. The summed E-state index contributed by atoms with van der Waals surface area (Å²) in [5.41, 5.74) is 5.02. The number of carbonyl (C=O) groups excluding carboxylic acids is 1. The van der Waals surface area contributed by atoms with Crippen LogP contribution in [-0.2, 0) is 9.54 Å². The number of benzene rings is 3. The Labute approximate surface area is 179 Å². The van der Waals surface area contributed by atoms with Crippen LogP contribution in [0.5, 0.6) is 5.75 Å². The molecule has 3 aromatic carbocycles. The van der Waals surface area contributed by atoms with Gasteiger partial charge in [-0.05, 0) is 41.7 Å². The van der Waals surface area contributed by atoms with E-state index in [1.54, 1.807) is 0 Å². The normalized spacial score (nSPS) is 11.3. The van der Waals surface area contributed by atoms with E-state index in [0.29, 0.717) is 12.2 Å². The molecule has 0 unspecified atom stereocenters. The third-order valence-electron chi connectivity index (χ3n) is 5.47. The van der Waals surface area contributed by atoms with E-state index in [-0.39, 0.29) is 10.7 Å². The van der Waals surface area contributed by atoms with Gasteiger partial charge in [-0.1, -0.05) is 81.4 Å². The summed E-state index contributed by atoms with van der Waals surface area (Å²) in [6.45, 7) is 6.13. The first-order chi connectivity index (χ1) is 14.0. The van der Waals surface area contributed by atoms with E-state index in [4.69, 9.17) is 17.4 Å². The van der Waals surface area contributed by atoms with Gasteiger partial charge in [0, 0.05) is 22.3 Å². The zero-order valence-corrected chi connectivity index (χ0v) is 18.2. The number of thiol groups is 1. The van der Waals surface area contributed by atoms with Gasteiger partial charge in [0.1, 0.15) is 5.75 Å². The summed E-state index contributed by atoms with van der Waals surface area (Å²) in [7, 11) is 0. The monoisotopic (exact) mass is 404 g/mol. The molecule has 150 valence electrons. The van der Waals surface area contributed by atoms with Gasteiger partial charge in [0.25, 0.3) is 0 Å². The van der Waals surface area contributed by atoms with Crippen LogP contribution in [-0.4, -0.2) is 5.97 Å². The lowest BCUT2D eigenvalue weighted by molar-refractivity contribution is -0.133. The molecular formula is C26H28O2S. The van der Waals surface area contributed by atoms with Crippen LogP contribution in [0.15, 0.2) is 72.8 Å². The Hall–Kier alpha value is -2.52. The van der Waals surface area contributed by atoms with Crippen molar-refractivity contribution >= 4 is 18.6 Å². The average molecular weight is 405 g/mol. The highest BCUT2D eigenvalue weighted by Gasteiger charge is 2.27. The first kappa shape index (κ1) is 21.2. The highest BCUT2D eigenvalue weighted by molar-refractivity contribution is 7.81. The van der Waals surface area contributed by atoms with Crippen LogP contribution in [0.3, 0.4) is 0 Å². The molecule has 0 bridgehead atoms. The van der Waals surface area contributed by atoms with Crippen molar-refractivity contribution in [2.75, 3.05) is 0 Å². The molecule has 0 atom stereocenters. The van der Waals surface area contributed by atoms with Gasteiger partial charge >= 0.3 is 5.97 Å². The summed E-state index contributed by atoms with van der Waals surface area (Å²) in [6, 6.07) is 24.5. The fraction of sp³-hybridized carbons (Fsp3) is 0.269. The third kappa shape index (κ3) is 4.56. The highest BCUT2D eigenvalue weighted by Crippen LogP contribution is 2.45. The predicted molar refractivity (Wildman–Crippen MR) is 124 cm³/mol. The second-order valence-electron chi connectivity index (χ2n) is 7.20. The Morgan fingerprint density at radius 3 is 1.66 bits per heavy atom. The molecule has 2 nitrogen and oxygen atoms in total.